The lowest BCUT2D eigenvalue weighted by Gasteiger charge is -2.20. The normalized spacial score (nSPS) is 12.1. The van der Waals surface area contributed by atoms with Crippen molar-refractivity contribution in [2.24, 2.45) is 0 Å². The number of benzene rings is 1. The second kappa shape index (κ2) is 7.37. The number of carbonyl (C=O) groups is 2. The van der Waals surface area contributed by atoms with Gasteiger partial charge in [0.15, 0.2) is 10.8 Å². The third kappa shape index (κ3) is 4.08. The van der Waals surface area contributed by atoms with Crippen LogP contribution in [-0.4, -0.2) is 34.9 Å². The molecule has 0 saturated heterocycles. The second-order valence-electron chi connectivity index (χ2n) is 5.42. The number of ether oxygens (including phenoxy) is 1. The number of carbonyl (C=O) groups excluding carboxylic acids is 2. The van der Waals surface area contributed by atoms with Gasteiger partial charge in [0.05, 0.1) is 16.8 Å². The van der Waals surface area contributed by atoms with Gasteiger partial charge in [0, 0.05) is 7.05 Å². The lowest BCUT2D eigenvalue weighted by atomic mass is 10.3. The van der Waals surface area contributed by atoms with E-state index in [9.17, 15) is 9.59 Å². The first kappa shape index (κ1) is 17.6. The maximum absolute atomic E-state index is 12.4. The number of likely N-dealkylation sites (N-methyl/N-ethyl adjacent to an activating group) is 1. The molecule has 6 nitrogen and oxygen atoms in total. The first-order valence-electron chi connectivity index (χ1n) is 7.50. The average Bonchev–Trinajstić information content (AvgIpc) is 3.19. The summed E-state index contributed by atoms with van der Waals surface area (Å²) in [6, 6.07) is 10.9. The molecule has 0 bridgehead atoms. The summed E-state index contributed by atoms with van der Waals surface area (Å²) in [4.78, 5) is 30.4. The van der Waals surface area contributed by atoms with Crippen molar-refractivity contribution in [3.8, 4) is 0 Å². The molecule has 0 radical (unpaired) electrons. The highest BCUT2D eigenvalue weighted by molar-refractivity contribution is 9.10. The van der Waals surface area contributed by atoms with E-state index in [0.717, 1.165) is 15.2 Å². The third-order valence-electron chi connectivity index (χ3n) is 3.49. The number of hydrogen-bond donors (Lipinski definition) is 0. The summed E-state index contributed by atoms with van der Waals surface area (Å²) in [7, 11) is 1.65. The molecule has 2 aromatic heterocycles. The van der Waals surface area contributed by atoms with Crippen LogP contribution in [0.5, 0.6) is 0 Å². The maximum atomic E-state index is 12.4. The highest BCUT2D eigenvalue weighted by atomic mass is 79.9. The van der Waals surface area contributed by atoms with Crippen LogP contribution in [0.15, 0.2) is 45.5 Å². The molecule has 0 aliphatic carbocycles. The molecule has 1 atom stereocenters. The van der Waals surface area contributed by atoms with Crippen LogP contribution < -0.4 is 0 Å². The van der Waals surface area contributed by atoms with Crippen molar-refractivity contribution in [3.05, 3.63) is 51.8 Å². The molecule has 2 heterocycles. The molecule has 0 saturated carbocycles. The summed E-state index contributed by atoms with van der Waals surface area (Å²) in [6.45, 7) is 1.89. The first-order chi connectivity index (χ1) is 11.9. The summed E-state index contributed by atoms with van der Waals surface area (Å²) in [6.07, 6.45) is -0.921. The van der Waals surface area contributed by atoms with E-state index >= 15 is 0 Å². The number of thiazole rings is 1. The zero-order chi connectivity index (χ0) is 18.0. The fourth-order valence-electron chi connectivity index (χ4n) is 2.27. The van der Waals surface area contributed by atoms with Crippen LogP contribution in [0.25, 0.3) is 10.2 Å². The summed E-state index contributed by atoms with van der Waals surface area (Å²) in [5.74, 6) is -0.946. The highest BCUT2D eigenvalue weighted by Gasteiger charge is 2.24. The number of halogens is 1. The quantitative estimate of drug-likeness (QED) is 0.583. The topological polar surface area (TPSA) is 72.6 Å². The molecule has 0 aliphatic rings. The lowest BCUT2D eigenvalue weighted by molar-refractivity contribution is -0.139. The Morgan fingerprint density at radius 3 is 2.76 bits per heavy atom. The monoisotopic (exact) mass is 422 g/mol. The van der Waals surface area contributed by atoms with Gasteiger partial charge in [-0.25, -0.2) is 9.78 Å². The van der Waals surface area contributed by atoms with Crippen LogP contribution in [0, 0.1) is 0 Å². The van der Waals surface area contributed by atoms with E-state index in [2.05, 4.69) is 20.9 Å². The number of nitrogens with zero attached hydrogens (tertiary/aromatic N) is 2. The molecular formula is C17H15BrN2O4S. The molecule has 3 aromatic rings. The Kier molecular flexibility index (Phi) is 5.19. The van der Waals surface area contributed by atoms with Gasteiger partial charge in [-0.2, -0.15) is 0 Å². The standard InChI is InChI=1S/C17H15BrN2O4S/c1-10(23-17(22)12-7-8-14(18)24-12)16(21)20(2)9-15-19-11-5-3-4-6-13(11)25-15/h3-8,10H,9H2,1-2H3. The van der Waals surface area contributed by atoms with Gasteiger partial charge in [-0.05, 0) is 47.1 Å². The van der Waals surface area contributed by atoms with Gasteiger partial charge in [-0.3, -0.25) is 4.79 Å². The molecule has 0 N–H and O–H groups in total. The summed E-state index contributed by atoms with van der Waals surface area (Å²) >= 11 is 4.65. The van der Waals surface area contributed by atoms with Gasteiger partial charge in [0.1, 0.15) is 5.01 Å². The van der Waals surface area contributed by atoms with Crippen molar-refractivity contribution < 1.29 is 18.7 Å². The number of hydrogen-bond acceptors (Lipinski definition) is 6. The second-order valence-corrected chi connectivity index (χ2v) is 7.32. The van der Waals surface area contributed by atoms with E-state index in [1.54, 1.807) is 13.1 Å². The van der Waals surface area contributed by atoms with E-state index in [0.29, 0.717) is 11.2 Å². The zero-order valence-electron chi connectivity index (χ0n) is 13.6. The van der Waals surface area contributed by atoms with Crippen LogP contribution >= 0.6 is 27.3 Å². The van der Waals surface area contributed by atoms with Crippen LogP contribution in [0.2, 0.25) is 0 Å². The van der Waals surface area contributed by atoms with E-state index in [-0.39, 0.29) is 11.7 Å². The maximum Gasteiger partial charge on any atom is 0.375 e. The Morgan fingerprint density at radius 1 is 1.32 bits per heavy atom. The van der Waals surface area contributed by atoms with Gasteiger partial charge in [-0.1, -0.05) is 12.1 Å². The molecule has 8 heteroatoms. The minimum Gasteiger partial charge on any atom is -0.447 e. The van der Waals surface area contributed by atoms with Crippen molar-refractivity contribution in [1.82, 2.24) is 9.88 Å². The van der Waals surface area contributed by atoms with Gasteiger partial charge in [0.25, 0.3) is 5.91 Å². The summed E-state index contributed by atoms with van der Waals surface area (Å²) in [5, 5.41) is 0.825. The summed E-state index contributed by atoms with van der Waals surface area (Å²) < 4.78 is 11.8. The van der Waals surface area contributed by atoms with Gasteiger partial charge in [-0.15, -0.1) is 11.3 Å². The SMILES string of the molecule is CC(OC(=O)c1ccc(Br)o1)C(=O)N(C)Cc1nc2ccccc2s1. The fraction of sp³-hybridized carbons (Fsp3) is 0.235. The number of aromatic nitrogens is 1. The zero-order valence-corrected chi connectivity index (χ0v) is 16.0. The predicted octanol–water partition coefficient (Wildman–Crippen LogP) is 3.86. The summed E-state index contributed by atoms with van der Waals surface area (Å²) in [5.41, 5.74) is 0.909. The molecule has 25 heavy (non-hydrogen) atoms. The van der Waals surface area contributed by atoms with Crippen molar-refractivity contribution >= 4 is 49.4 Å². The predicted molar refractivity (Wildman–Crippen MR) is 97.4 cm³/mol. The van der Waals surface area contributed by atoms with Gasteiger partial charge < -0.3 is 14.1 Å². The first-order valence-corrected chi connectivity index (χ1v) is 9.10. The number of fused-ring (bicyclic) bond motifs is 1. The number of rotatable bonds is 5. The number of amides is 1. The van der Waals surface area contributed by atoms with Crippen molar-refractivity contribution in [2.75, 3.05) is 7.05 Å². The van der Waals surface area contributed by atoms with E-state index in [1.807, 2.05) is 24.3 Å². The average molecular weight is 423 g/mol. The molecule has 3 rings (SSSR count). The van der Waals surface area contributed by atoms with Gasteiger partial charge >= 0.3 is 5.97 Å². The Hall–Kier alpha value is -2.19. The van der Waals surface area contributed by atoms with E-state index in [4.69, 9.17) is 9.15 Å². The molecule has 130 valence electrons. The minimum absolute atomic E-state index is 0.0420. The molecule has 0 fully saturated rings. The fourth-order valence-corrected chi connectivity index (χ4v) is 3.60. The molecule has 0 aliphatic heterocycles. The van der Waals surface area contributed by atoms with Crippen LogP contribution in [-0.2, 0) is 16.1 Å². The third-order valence-corrected chi connectivity index (χ3v) is 4.94. The van der Waals surface area contributed by atoms with Crippen LogP contribution in [0.3, 0.4) is 0 Å². The minimum atomic E-state index is -0.921. The van der Waals surface area contributed by atoms with Crippen LogP contribution in [0.1, 0.15) is 22.5 Å². The lowest BCUT2D eigenvalue weighted by Crippen LogP contribution is -2.37. The van der Waals surface area contributed by atoms with Crippen molar-refractivity contribution in [1.29, 1.82) is 0 Å². The molecule has 1 unspecified atom stereocenters. The van der Waals surface area contributed by atoms with Gasteiger partial charge in [0.2, 0.25) is 5.76 Å². The smallest absolute Gasteiger partial charge is 0.375 e. The molecule has 1 aromatic carbocycles. The molecule has 0 spiro atoms. The van der Waals surface area contributed by atoms with Crippen molar-refractivity contribution in [2.45, 2.75) is 19.6 Å². The molecular weight excluding hydrogens is 408 g/mol. The Bertz CT molecular complexity index is 887. The largest absolute Gasteiger partial charge is 0.447 e. The Balaban J connectivity index is 1.61. The van der Waals surface area contributed by atoms with Crippen LogP contribution in [0.4, 0.5) is 0 Å². The Labute approximate surface area is 156 Å². The Morgan fingerprint density at radius 2 is 2.08 bits per heavy atom. The van der Waals surface area contributed by atoms with E-state index < -0.39 is 12.1 Å². The van der Waals surface area contributed by atoms with Crippen molar-refractivity contribution in [3.63, 3.8) is 0 Å². The number of para-hydroxylation sites is 1. The van der Waals surface area contributed by atoms with E-state index in [1.165, 1.54) is 29.2 Å². The number of furan rings is 1. The highest BCUT2D eigenvalue weighted by Crippen LogP contribution is 2.22. The molecule has 1 amide bonds. The number of esters is 1.